The van der Waals surface area contributed by atoms with Crippen molar-refractivity contribution in [2.75, 3.05) is 5.73 Å². The summed E-state index contributed by atoms with van der Waals surface area (Å²) in [6.07, 6.45) is 1.53. The van der Waals surface area contributed by atoms with Crippen molar-refractivity contribution in [2.45, 2.75) is 6.54 Å². The van der Waals surface area contributed by atoms with Gasteiger partial charge in [0.2, 0.25) is 0 Å². The summed E-state index contributed by atoms with van der Waals surface area (Å²) >= 11 is 5.64. The van der Waals surface area contributed by atoms with Crippen molar-refractivity contribution in [1.82, 2.24) is 15.0 Å². The number of nitrogen functional groups attached to an aromatic ring is 1. The van der Waals surface area contributed by atoms with Crippen LogP contribution in [0.2, 0.25) is 5.02 Å². The SMILES string of the molecule is Nc1cn(Cc2cccc(Cl)c2F)nn1. The highest BCUT2D eigenvalue weighted by molar-refractivity contribution is 6.30. The van der Waals surface area contributed by atoms with Crippen LogP contribution in [0, 0.1) is 5.82 Å². The zero-order valence-electron chi connectivity index (χ0n) is 7.69. The van der Waals surface area contributed by atoms with E-state index in [1.54, 1.807) is 12.1 Å². The molecule has 0 spiro atoms. The average molecular weight is 227 g/mol. The van der Waals surface area contributed by atoms with E-state index >= 15 is 0 Å². The molecule has 6 heteroatoms. The Morgan fingerprint density at radius 1 is 1.47 bits per heavy atom. The standard InChI is InChI=1S/C9H8ClFN4/c10-7-3-1-2-6(9(7)11)4-15-5-8(12)13-14-15/h1-3,5H,4,12H2. The Morgan fingerprint density at radius 2 is 2.27 bits per heavy atom. The van der Waals surface area contributed by atoms with Crippen LogP contribution in [-0.2, 0) is 6.54 Å². The number of benzene rings is 1. The Balaban J connectivity index is 2.28. The molecule has 0 fully saturated rings. The van der Waals surface area contributed by atoms with Gasteiger partial charge >= 0.3 is 0 Å². The molecule has 0 radical (unpaired) electrons. The Morgan fingerprint density at radius 3 is 2.93 bits per heavy atom. The van der Waals surface area contributed by atoms with Gasteiger partial charge in [-0.15, -0.1) is 5.10 Å². The van der Waals surface area contributed by atoms with Gasteiger partial charge in [0.25, 0.3) is 0 Å². The molecule has 2 rings (SSSR count). The van der Waals surface area contributed by atoms with E-state index in [-0.39, 0.29) is 11.6 Å². The number of halogens is 2. The predicted molar refractivity (Wildman–Crippen MR) is 54.9 cm³/mol. The van der Waals surface area contributed by atoms with Gasteiger partial charge in [-0.1, -0.05) is 28.9 Å². The van der Waals surface area contributed by atoms with E-state index in [0.717, 1.165) is 0 Å². The van der Waals surface area contributed by atoms with Gasteiger partial charge in [0.1, 0.15) is 5.82 Å². The van der Waals surface area contributed by atoms with Gasteiger partial charge in [0.05, 0.1) is 17.8 Å². The number of nitrogens with two attached hydrogens (primary N) is 1. The molecule has 4 nitrogen and oxygen atoms in total. The molecule has 15 heavy (non-hydrogen) atoms. The minimum absolute atomic E-state index is 0.0978. The van der Waals surface area contributed by atoms with Crippen LogP contribution in [0.1, 0.15) is 5.56 Å². The Bertz CT molecular complexity index is 483. The number of anilines is 1. The lowest BCUT2D eigenvalue weighted by Gasteiger charge is -2.03. The molecule has 2 N–H and O–H groups in total. The van der Waals surface area contributed by atoms with Crippen molar-refractivity contribution < 1.29 is 4.39 Å². The van der Waals surface area contributed by atoms with Gasteiger partial charge in [-0.3, -0.25) is 0 Å². The van der Waals surface area contributed by atoms with E-state index in [1.165, 1.54) is 16.9 Å². The first kappa shape index (κ1) is 9.92. The normalized spacial score (nSPS) is 10.5. The molecule has 0 aliphatic rings. The van der Waals surface area contributed by atoms with E-state index in [1.807, 2.05) is 0 Å². The molecule has 2 aromatic rings. The van der Waals surface area contributed by atoms with Crippen LogP contribution in [-0.4, -0.2) is 15.0 Å². The quantitative estimate of drug-likeness (QED) is 0.848. The van der Waals surface area contributed by atoms with Crippen molar-refractivity contribution in [2.24, 2.45) is 0 Å². The van der Waals surface area contributed by atoms with E-state index < -0.39 is 5.82 Å². The fourth-order valence-corrected chi connectivity index (χ4v) is 1.43. The van der Waals surface area contributed by atoms with E-state index in [9.17, 15) is 4.39 Å². The monoisotopic (exact) mass is 226 g/mol. The van der Waals surface area contributed by atoms with Crippen molar-refractivity contribution in [1.29, 1.82) is 0 Å². The molecule has 0 aliphatic carbocycles. The highest BCUT2D eigenvalue weighted by Crippen LogP contribution is 2.18. The molecule has 1 aromatic heterocycles. The molecule has 1 heterocycles. The van der Waals surface area contributed by atoms with Gasteiger partial charge in [-0.05, 0) is 6.07 Å². The number of hydrogen-bond acceptors (Lipinski definition) is 3. The van der Waals surface area contributed by atoms with Gasteiger partial charge < -0.3 is 5.73 Å². The molecule has 0 bridgehead atoms. The zero-order chi connectivity index (χ0) is 10.8. The number of rotatable bonds is 2. The molecule has 0 atom stereocenters. The van der Waals surface area contributed by atoms with Crippen LogP contribution >= 0.6 is 11.6 Å². The highest BCUT2D eigenvalue weighted by Gasteiger charge is 2.07. The smallest absolute Gasteiger partial charge is 0.165 e. The molecule has 0 unspecified atom stereocenters. The minimum atomic E-state index is -0.437. The number of hydrogen-bond donors (Lipinski definition) is 1. The minimum Gasteiger partial charge on any atom is -0.381 e. The zero-order valence-corrected chi connectivity index (χ0v) is 8.45. The fraction of sp³-hybridized carbons (Fsp3) is 0.111. The van der Waals surface area contributed by atoms with E-state index in [2.05, 4.69) is 10.3 Å². The third-order valence-corrected chi connectivity index (χ3v) is 2.21. The summed E-state index contributed by atoms with van der Waals surface area (Å²) in [4.78, 5) is 0. The van der Waals surface area contributed by atoms with Crippen LogP contribution in [0.25, 0.3) is 0 Å². The Kier molecular flexibility index (Phi) is 2.55. The van der Waals surface area contributed by atoms with Crippen molar-refractivity contribution in [3.63, 3.8) is 0 Å². The lowest BCUT2D eigenvalue weighted by molar-refractivity contribution is 0.577. The second kappa shape index (κ2) is 3.86. The summed E-state index contributed by atoms with van der Waals surface area (Å²) in [7, 11) is 0. The van der Waals surface area contributed by atoms with Crippen LogP contribution in [0.4, 0.5) is 10.2 Å². The first-order chi connectivity index (χ1) is 7.16. The first-order valence-corrected chi connectivity index (χ1v) is 4.63. The van der Waals surface area contributed by atoms with Crippen LogP contribution in [0.3, 0.4) is 0 Å². The van der Waals surface area contributed by atoms with Crippen molar-refractivity contribution in [3.05, 3.63) is 40.8 Å². The molecule has 0 saturated heterocycles. The summed E-state index contributed by atoms with van der Waals surface area (Å²) in [5, 5.41) is 7.41. The Hall–Kier alpha value is -1.62. The largest absolute Gasteiger partial charge is 0.381 e. The second-order valence-electron chi connectivity index (χ2n) is 3.05. The third kappa shape index (κ3) is 2.07. The van der Waals surface area contributed by atoms with Gasteiger partial charge in [-0.2, -0.15) is 0 Å². The lowest BCUT2D eigenvalue weighted by Crippen LogP contribution is -2.02. The molecule has 0 saturated carbocycles. The second-order valence-corrected chi connectivity index (χ2v) is 3.46. The average Bonchev–Trinajstić information content (AvgIpc) is 2.59. The van der Waals surface area contributed by atoms with Crippen molar-refractivity contribution >= 4 is 17.4 Å². The van der Waals surface area contributed by atoms with E-state index in [4.69, 9.17) is 17.3 Å². The van der Waals surface area contributed by atoms with Gasteiger partial charge in [0.15, 0.2) is 5.82 Å². The molecular weight excluding hydrogens is 219 g/mol. The molecular formula is C9H8ClFN4. The van der Waals surface area contributed by atoms with Crippen LogP contribution in [0.15, 0.2) is 24.4 Å². The lowest BCUT2D eigenvalue weighted by atomic mass is 10.2. The van der Waals surface area contributed by atoms with E-state index in [0.29, 0.717) is 11.4 Å². The van der Waals surface area contributed by atoms with Gasteiger partial charge in [0, 0.05) is 5.56 Å². The van der Waals surface area contributed by atoms with Crippen LogP contribution < -0.4 is 5.73 Å². The van der Waals surface area contributed by atoms with Gasteiger partial charge in [-0.25, -0.2) is 9.07 Å². The summed E-state index contributed by atoms with van der Waals surface area (Å²) < 4.78 is 14.9. The number of nitrogens with zero attached hydrogens (tertiary/aromatic N) is 3. The third-order valence-electron chi connectivity index (χ3n) is 1.92. The molecule has 0 aliphatic heterocycles. The summed E-state index contributed by atoms with van der Waals surface area (Å²) in [6, 6.07) is 4.82. The van der Waals surface area contributed by atoms with Crippen LogP contribution in [0.5, 0.6) is 0 Å². The fourth-order valence-electron chi connectivity index (χ4n) is 1.24. The first-order valence-electron chi connectivity index (χ1n) is 4.25. The topological polar surface area (TPSA) is 56.7 Å². The summed E-state index contributed by atoms with van der Waals surface area (Å²) in [5.41, 5.74) is 5.84. The predicted octanol–water partition coefficient (Wildman–Crippen LogP) is 1.70. The molecule has 1 aromatic carbocycles. The maximum atomic E-state index is 13.5. The van der Waals surface area contributed by atoms with Crippen molar-refractivity contribution in [3.8, 4) is 0 Å². The maximum absolute atomic E-state index is 13.5. The highest BCUT2D eigenvalue weighted by atomic mass is 35.5. The maximum Gasteiger partial charge on any atom is 0.165 e. The molecule has 78 valence electrons. The Labute approximate surface area is 90.5 Å². The summed E-state index contributed by atoms with van der Waals surface area (Å²) in [5.74, 6) is -0.134. The molecule has 0 amide bonds. The summed E-state index contributed by atoms with van der Waals surface area (Å²) in [6.45, 7) is 0.261. The number of aromatic nitrogens is 3.